The van der Waals surface area contributed by atoms with E-state index in [1.165, 1.54) is 24.0 Å². The van der Waals surface area contributed by atoms with Gasteiger partial charge in [0, 0.05) is 36.8 Å². The van der Waals surface area contributed by atoms with E-state index in [0.29, 0.717) is 10.3 Å². The summed E-state index contributed by atoms with van der Waals surface area (Å²) in [5, 5.41) is 4.33. The first-order valence-corrected chi connectivity index (χ1v) is 6.84. The Hall–Kier alpha value is -1.73. The van der Waals surface area contributed by atoms with E-state index in [9.17, 15) is 4.79 Å². The summed E-state index contributed by atoms with van der Waals surface area (Å²) >= 11 is 1.23. The van der Waals surface area contributed by atoms with Crippen LogP contribution in [0.2, 0.25) is 0 Å². The molecule has 0 radical (unpaired) electrons. The van der Waals surface area contributed by atoms with Crippen molar-refractivity contribution in [3.05, 3.63) is 40.6 Å². The van der Waals surface area contributed by atoms with E-state index in [1.54, 1.807) is 12.4 Å². The van der Waals surface area contributed by atoms with Gasteiger partial charge in [0.25, 0.3) is 5.56 Å². The van der Waals surface area contributed by atoms with Crippen molar-refractivity contribution in [3.8, 4) is 0 Å². The van der Waals surface area contributed by atoms with Crippen LogP contribution in [-0.4, -0.2) is 26.5 Å². The number of aromatic nitrogens is 4. The SMILES string of the molecule is CCCNCc1cnc(Sc2nccc(=O)[nH]2)nc1. The second kappa shape index (κ2) is 7.01. The summed E-state index contributed by atoms with van der Waals surface area (Å²) in [5.41, 5.74) is 0.852. The molecule has 0 aromatic carbocycles. The van der Waals surface area contributed by atoms with Crippen molar-refractivity contribution in [3.63, 3.8) is 0 Å². The van der Waals surface area contributed by atoms with Gasteiger partial charge in [0.15, 0.2) is 10.3 Å². The minimum absolute atomic E-state index is 0.183. The van der Waals surface area contributed by atoms with Gasteiger partial charge in [-0.25, -0.2) is 15.0 Å². The van der Waals surface area contributed by atoms with Crippen molar-refractivity contribution in [1.82, 2.24) is 25.3 Å². The molecule has 2 aromatic rings. The third kappa shape index (κ3) is 4.46. The monoisotopic (exact) mass is 277 g/mol. The molecule has 0 bridgehead atoms. The first-order valence-electron chi connectivity index (χ1n) is 6.02. The lowest BCUT2D eigenvalue weighted by molar-refractivity contribution is 0.669. The molecule has 100 valence electrons. The van der Waals surface area contributed by atoms with Crippen LogP contribution in [0.5, 0.6) is 0 Å². The molecule has 2 N–H and O–H groups in total. The Morgan fingerprint density at radius 3 is 2.79 bits per heavy atom. The van der Waals surface area contributed by atoms with Crippen LogP contribution in [0.3, 0.4) is 0 Å². The normalized spacial score (nSPS) is 10.6. The molecule has 0 fully saturated rings. The smallest absolute Gasteiger partial charge is 0.251 e. The number of hydrogen-bond acceptors (Lipinski definition) is 6. The van der Waals surface area contributed by atoms with Crippen molar-refractivity contribution in [2.75, 3.05) is 6.54 Å². The fraction of sp³-hybridized carbons (Fsp3) is 0.333. The highest BCUT2D eigenvalue weighted by Crippen LogP contribution is 2.18. The van der Waals surface area contributed by atoms with E-state index in [2.05, 4.69) is 32.2 Å². The maximum Gasteiger partial charge on any atom is 0.251 e. The summed E-state index contributed by atoms with van der Waals surface area (Å²) in [7, 11) is 0. The third-order valence-electron chi connectivity index (χ3n) is 2.27. The third-order valence-corrected chi connectivity index (χ3v) is 3.07. The summed E-state index contributed by atoms with van der Waals surface area (Å²) in [6, 6.07) is 1.37. The van der Waals surface area contributed by atoms with Crippen LogP contribution < -0.4 is 10.9 Å². The number of rotatable bonds is 6. The molecular formula is C12H15N5OS. The van der Waals surface area contributed by atoms with Crippen LogP contribution in [0, 0.1) is 0 Å². The van der Waals surface area contributed by atoms with E-state index < -0.39 is 0 Å². The standard InChI is InChI=1S/C12H15N5OS/c1-2-4-13-6-9-7-15-11(16-8-9)19-12-14-5-3-10(18)17-12/h3,5,7-8,13H,2,4,6H2,1H3,(H,14,17,18). The Morgan fingerprint density at radius 2 is 2.11 bits per heavy atom. The van der Waals surface area contributed by atoms with E-state index in [0.717, 1.165) is 25.1 Å². The van der Waals surface area contributed by atoms with Crippen molar-refractivity contribution in [1.29, 1.82) is 0 Å². The van der Waals surface area contributed by atoms with Crippen molar-refractivity contribution >= 4 is 11.8 Å². The Bertz CT molecular complexity index is 569. The lowest BCUT2D eigenvalue weighted by Crippen LogP contribution is -2.14. The van der Waals surface area contributed by atoms with Crippen LogP contribution in [0.25, 0.3) is 0 Å². The topological polar surface area (TPSA) is 83.6 Å². The zero-order valence-electron chi connectivity index (χ0n) is 10.6. The average Bonchev–Trinajstić information content (AvgIpc) is 2.41. The van der Waals surface area contributed by atoms with E-state index in [1.807, 2.05) is 0 Å². The zero-order valence-corrected chi connectivity index (χ0v) is 11.4. The highest BCUT2D eigenvalue weighted by Gasteiger charge is 2.02. The molecule has 2 heterocycles. The van der Waals surface area contributed by atoms with Crippen molar-refractivity contribution < 1.29 is 0 Å². The van der Waals surface area contributed by atoms with Gasteiger partial charge in [0.05, 0.1) is 0 Å². The lowest BCUT2D eigenvalue weighted by Gasteiger charge is -2.03. The second-order valence-corrected chi connectivity index (χ2v) is 4.85. The maximum atomic E-state index is 11.1. The first kappa shape index (κ1) is 13.7. The fourth-order valence-electron chi connectivity index (χ4n) is 1.39. The van der Waals surface area contributed by atoms with Crippen LogP contribution in [-0.2, 0) is 6.54 Å². The number of hydrogen-bond donors (Lipinski definition) is 2. The van der Waals surface area contributed by atoms with Gasteiger partial charge in [-0.05, 0) is 24.7 Å². The molecule has 19 heavy (non-hydrogen) atoms. The Morgan fingerprint density at radius 1 is 1.32 bits per heavy atom. The highest BCUT2D eigenvalue weighted by molar-refractivity contribution is 7.99. The average molecular weight is 277 g/mol. The molecule has 0 spiro atoms. The summed E-state index contributed by atoms with van der Waals surface area (Å²) in [4.78, 5) is 26.2. The Balaban J connectivity index is 1.96. The van der Waals surface area contributed by atoms with E-state index >= 15 is 0 Å². The molecule has 0 aliphatic rings. The largest absolute Gasteiger partial charge is 0.313 e. The van der Waals surface area contributed by atoms with Gasteiger partial charge >= 0.3 is 0 Å². The molecule has 0 aliphatic carbocycles. The van der Waals surface area contributed by atoms with Gasteiger partial charge in [-0.3, -0.25) is 4.79 Å². The molecule has 0 saturated carbocycles. The number of aromatic amines is 1. The molecular weight excluding hydrogens is 262 g/mol. The van der Waals surface area contributed by atoms with Gasteiger partial charge in [-0.1, -0.05) is 6.92 Å². The molecule has 0 atom stereocenters. The summed E-state index contributed by atoms with van der Waals surface area (Å²) < 4.78 is 0. The molecule has 2 rings (SSSR count). The Labute approximate surface area is 115 Å². The second-order valence-electron chi connectivity index (χ2n) is 3.89. The summed E-state index contributed by atoms with van der Waals surface area (Å²) in [5.74, 6) is 0. The molecule has 2 aromatic heterocycles. The Kier molecular flexibility index (Phi) is 5.05. The van der Waals surface area contributed by atoms with Gasteiger partial charge in [0.1, 0.15) is 0 Å². The van der Waals surface area contributed by atoms with Gasteiger partial charge in [0.2, 0.25) is 0 Å². The van der Waals surface area contributed by atoms with Gasteiger partial charge < -0.3 is 10.3 Å². The first-order chi connectivity index (χ1) is 9.28. The molecule has 0 aliphatic heterocycles. The van der Waals surface area contributed by atoms with Gasteiger partial charge in [-0.15, -0.1) is 0 Å². The van der Waals surface area contributed by atoms with Crippen molar-refractivity contribution in [2.45, 2.75) is 30.2 Å². The minimum atomic E-state index is -0.183. The molecule has 6 nitrogen and oxygen atoms in total. The maximum absolute atomic E-state index is 11.1. The van der Waals surface area contributed by atoms with Crippen LogP contribution >= 0.6 is 11.8 Å². The van der Waals surface area contributed by atoms with E-state index in [4.69, 9.17) is 0 Å². The van der Waals surface area contributed by atoms with Crippen LogP contribution in [0.4, 0.5) is 0 Å². The number of nitrogens with zero attached hydrogens (tertiary/aromatic N) is 3. The lowest BCUT2D eigenvalue weighted by atomic mass is 10.3. The van der Waals surface area contributed by atoms with Crippen LogP contribution in [0.15, 0.2) is 39.8 Å². The number of nitrogens with one attached hydrogen (secondary N) is 2. The number of H-pyrrole nitrogens is 1. The molecule has 0 amide bonds. The quantitative estimate of drug-likeness (QED) is 0.610. The van der Waals surface area contributed by atoms with Gasteiger partial charge in [-0.2, -0.15) is 0 Å². The molecule has 0 unspecified atom stereocenters. The minimum Gasteiger partial charge on any atom is -0.313 e. The van der Waals surface area contributed by atoms with Crippen LogP contribution in [0.1, 0.15) is 18.9 Å². The predicted octanol–water partition coefficient (Wildman–Crippen LogP) is 1.21. The summed E-state index contributed by atoms with van der Waals surface area (Å²) in [6.07, 6.45) is 6.12. The highest BCUT2D eigenvalue weighted by atomic mass is 32.2. The summed E-state index contributed by atoms with van der Waals surface area (Å²) in [6.45, 7) is 3.86. The molecule has 0 saturated heterocycles. The fourth-order valence-corrected chi connectivity index (χ4v) is 2.04. The molecule has 7 heteroatoms. The van der Waals surface area contributed by atoms with E-state index in [-0.39, 0.29) is 5.56 Å². The zero-order chi connectivity index (χ0) is 13.5. The van der Waals surface area contributed by atoms with Crippen molar-refractivity contribution in [2.24, 2.45) is 0 Å². The predicted molar refractivity (Wildman–Crippen MR) is 73.0 cm³/mol.